The van der Waals surface area contributed by atoms with Gasteiger partial charge < -0.3 is 9.84 Å². The Balaban J connectivity index is 2.26. The van der Waals surface area contributed by atoms with E-state index in [4.69, 9.17) is 4.74 Å². The van der Waals surface area contributed by atoms with E-state index in [0.717, 1.165) is 25.2 Å². The summed E-state index contributed by atoms with van der Waals surface area (Å²) < 4.78 is 5.26. The van der Waals surface area contributed by atoms with E-state index in [-0.39, 0.29) is 5.97 Å². The fourth-order valence-corrected chi connectivity index (χ4v) is 3.28. The molecule has 144 valence electrons. The molecule has 0 aromatic rings. The Kier molecular flexibility index (Phi) is 9.48. The Morgan fingerprint density at radius 3 is 2.56 bits per heavy atom. The van der Waals surface area contributed by atoms with Gasteiger partial charge in [-0.15, -0.1) is 0 Å². The van der Waals surface area contributed by atoms with Gasteiger partial charge in [-0.25, -0.2) is 0 Å². The Morgan fingerprint density at radius 2 is 1.96 bits per heavy atom. The van der Waals surface area contributed by atoms with E-state index in [0.29, 0.717) is 18.8 Å². The Bertz CT molecular complexity index is 466. The van der Waals surface area contributed by atoms with Gasteiger partial charge in [0.25, 0.3) is 0 Å². The summed E-state index contributed by atoms with van der Waals surface area (Å²) in [6.45, 7) is 10.9. The van der Waals surface area contributed by atoms with Crippen LogP contribution >= 0.6 is 0 Å². The average molecular weight is 351 g/mol. The molecule has 1 aliphatic rings. The van der Waals surface area contributed by atoms with Gasteiger partial charge >= 0.3 is 5.97 Å². The summed E-state index contributed by atoms with van der Waals surface area (Å²) in [5.74, 6) is 1.25. The number of hydrogen-bond donors (Lipinski definition) is 1. The van der Waals surface area contributed by atoms with E-state index in [1.807, 2.05) is 13.0 Å². The number of cyclic esters (lactones) is 1. The predicted octanol–water partition coefficient (Wildman–Crippen LogP) is 5.58. The van der Waals surface area contributed by atoms with E-state index in [9.17, 15) is 9.90 Å². The molecule has 0 radical (unpaired) electrons. The highest BCUT2D eigenvalue weighted by molar-refractivity contribution is 5.72. The number of aliphatic hydroxyl groups excluding tert-OH is 1. The fraction of sp³-hybridized carbons (Fsp3) is 0.773. The highest BCUT2D eigenvalue weighted by atomic mass is 16.6. The van der Waals surface area contributed by atoms with Gasteiger partial charge in [-0.2, -0.15) is 0 Å². The molecule has 0 unspecified atom stereocenters. The molecule has 0 aliphatic carbocycles. The maximum atomic E-state index is 11.3. The Labute approximate surface area is 154 Å². The van der Waals surface area contributed by atoms with Gasteiger partial charge in [0, 0.05) is 12.8 Å². The quantitative estimate of drug-likeness (QED) is 0.391. The van der Waals surface area contributed by atoms with Gasteiger partial charge in [0.2, 0.25) is 0 Å². The standard InChI is InChI=1S/C22H38O3/c1-6-17(2)11-9-12-19(4)16-18(3)10-7-8-13-20(23)22(5)15-14-21(24)25-22/h8,12-13,17-18,20,23H,6-7,9-11,14-16H2,1-5H3/b13-8+,19-12+/t17-,18-,20+,22-/m0/s1. The van der Waals surface area contributed by atoms with Crippen molar-refractivity contribution in [3.05, 3.63) is 23.8 Å². The normalized spacial score (nSPS) is 25.2. The second-order valence-electron chi connectivity index (χ2n) is 8.19. The first-order chi connectivity index (χ1) is 11.8. The summed E-state index contributed by atoms with van der Waals surface area (Å²) in [6.07, 6.45) is 13.4. The smallest absolute Gasteiger partial charge is 0.306 e. The van der Waals surface area contributed by atoms with Gasteiger partial charge in [-0.1, -0.05) is 51.0 Å². The molecular formula is C22H38O3. The summed E-state index contributed by atoms with van der Waals surface area (Å²) in [7, 11) is 0. The van der Waals surface area contributed by atoms with Crippen LogP contribution in [0.1, 0.15) is 86.0 Å². The lowest BCUT2D eigenvalue weighted by Crippen LogP contribution is -2.37. The van der Waals surface area contributed by atoms with Crippen LogP contribution < -0.4 is 0 Å². The van der Waals surface area contributed by atoms with Gasteiger partial charge in [0.15, 0.2) is 0 Å². The number of allylic oxidation sites excluding steroid dienone is 3. The zero-order valence-corrected chi connectivity index (χ0v) is 16.9. The average Bonchev–Trinajstić information content (AvgIpc) is 2.91. The van der Waals surface area contributed by atoms with Crippen LogP contribution in [-0.4, -0.2) is 22.8 Å². The second-order valence-corrected chi connectivity index (χ2v) is 8.19. The highest BCUT2D eigenvalue weighted by Gasteiger charge is 2.40. The minimum absolute atomic E-state index is 0.209. The van der Waals surface area contributed by atoms with Crippen molar-refractivity contribution in [1.82, 2.24) is 0 Å². The zero-order chi connectivity index (χ0) is 18.9. The van der Waals surface area contributed by atoms with Gasteiger partial charge in [-0.3, -0.25) is 4.79 Å². The molecule has 0 saturated carbocycles. The molecule has 0 aromatic carbocycles. The lowest BCUT2D eigenvalue weighted by molar-refractivity contribution is -0.153. The first-order valence-electron chi connectivity index (χ1n) is 9.99. The highest BCUT2D eigenvalue weighted by Crippen LogP contribution is 2.30. The zero-order valence-electron chi connectivity index (χ0n) is 16.9. The minimum Gasteiger partial charge on any atom is -0.456 e. The maximum absolute atomic E-state index is 11.3. The number of carbonyl (C=O) groups excluding carboxylic acids is 1. The van der Waals surface area contributed by atoms with Crippen LogP contribution in [0.4, 0.5) is 0 Å². The molecule has 0 aromatic heterocycles. The molecule has 1 saturated heterocycles. The van der Waals surface area contributed by atoms with E-state index >= 15 is 0 Å². The van der Waals surface area contributed by atoms with Crippen molar-refractivity contribution in [3.8, 4) is 0 Å². The number of carbonyl (C=O) groups is 1. The van der Waals surface area contributed by atoms with Crippen molar-refractivity contribution < 1.29 is 14.6 Å². The largest absolute Gasteiger partial charge is 0.456 e. The van der Waals surface area contributed by atoms with Gasteiger partial charge in [-0.05, 0) is 57.8 Å². The van der Waals surface area contributed by atoms with E-state index in [1.165, 1.54) is 24.8 Å². The van der Waals surface area contributed by atoms with Gasteiger partial charge in [0.1, 0.15) is 11.7 Å². The number of ether oxygens (including phenoxy) is 1. The molecule has 0 spiro atoms. The van der Waals surface area contributed by atoms with Crippen molar-refractivity contribution in [2.45, 2.75) is 97.7 Å². The molecule has 0 bridgehead atoms. The minimum atomic E-state index is -0.742. The van der Waals surface area contributed by atoms with Crippen LogP contribution in [0.2, 0.25) is 0 Å². The van der Waals surface area contributed by atoms with Crippen molar-refractivity contribution >= 4 is 5.97 Å². The number of aliphatic hydroxyl groups is 1. The topological polar surface area (TPSA) is 46.5 Å². The second kappa shape index (κ2) is 10.8. The Hall–Kier alpha value is -1.09. The Morgan fingerprint density at radius 1 is 1.28 bits per heavy atom. The number of hydrogen-bond acceptors (Lipinski definition) is 3. The lowest BCUT2D eigenvalue weighted by Gasteiger charge is -2.26. The van der Waals surface area contributed by atoms with Crippen LogP contribution in [0.3, 0.4) is 0 Å². The maximum Gasteiger partial charge on any atom is 0.306 e. The first kappa shape index (κ1) is 22.0. The van der Waals surface area contributed by atoms with Crippen LogP contribution in [0.25, 0.3) is 0 Å². The molecule has 0 amide bonds. The van der Waals surface area contributed by atoms with Crippen LogP contribution in [0, 0.1) is 11.8 Å². The summed E-state index contributed by atoms with van der Waals surface area (Å²) in [6, 6.07) is 0. The lowest BCUT2D eigenvalue weighted by atomic mass is 9.93. The number of esters is 1. The van der Waals surface area contributed by atoms with Gasteiger partial charge in [0.05, 0.1) is 0 Å². The molecule has 1 heterocycles. The molecule has 3 nitrogen and oxygen atoms in total. The van der Waals surface area contributed by atoms with E-state index in [2.05, 4.69) is 33.8 Å². The van der Waals surface area contributed by atoms with Crippen molar-refractivity contribution in [1.29, 1.82) is 0 Å². The van der Waals surface area contributed by atoms with E-state index in [1.54, 1.807) is 6.08 Å². The third-order valence-corrected chi connectivity index (χ3v) is 5.46. The summed E-state index contributed by atoms with van der Waals surface area (Å²) in [4.78, 5) is 11.3. The molecular weight excluding hydrogens is 312 g/mol. The van der Waals surface area contributed by atoms with E-state index < -0.39 is 11.7 Å². The third-order valence-electron chi connectivity index (χ3n) is 5.46. The first-order valence-corrected chi connectivity index (χ1v) is 9.99. The SMILES string of the molecule is CC[C@H](C)CC/C=C(\C)C[C@@H](C)CC/C=C/[C@@H](O)[C@]1(C)CCC(=O)O1. The van der Waals surface area contributed by atoms with Crippen molar-refractivity contribution in [2.24, 2.45) is 11.8 Å². The summed E-state index contributed by atoms with van der Waals surface area (Å²) >= 11 is 0. The van der Waals surface area contributed by atoms with Crippen LogP contribution in [-0.2, 0) is 9.53 Å². The van der Waals surface area contributed by atoms with Crippen LogP contribution in [0.5, 0.6) is 0 Å². The number of rotatable bonds is 11. The molecule has 1 rings (SSSR count). The monoisotopic (exact) mass is 350 g/mol. The third kappa shape index (κ3) is 8.22. The van der Waals surface area contributed by atoms with Crippen molar-refractivity contribution in [3.63, 3.8) is 0 Å². The van der Waals surface area contributed by atoms with Crippen LogP contribution in [0.15, 0.2) is 23.8 Å². The molecule has 25 heavy (non-hydrogen) atoms. The van der Waals surface area contributed by atoms with Crippen molar-refractivity contribution in [2.75, 3.05) is 0 Å². The predicted molar refractivity (Wildman–Crippen MR) is 104 cm³/mol. The molecule has 3 heteroatoms. The fourth-order valence-electron chi connectivity index (χ4n) is 3.28. The molecule has 1 fully saturated rings. The molecule has 1 aliphatic heterocycles. The molecule has 1 N–H and O–H groups in total. The summed E-state index contributed by atoms with van der Waals surface area (Å²) in [5, 5.41) is 10.2. The summed E-state index contributed by atoms with van der Waals surface area (Å²) in [5.41, 5.74) is 0.749. The molecule has 4 atom stereocenters.